The van der Waals surface area contributed by atoms with Crippen LogP contribution in [0.1, 0.15) is 0 Å². The first-order chi connectivity index (χ1) is 24.2. The van der Waals surface area contributed by atoms with E-state index in [0.717, 1.165) is 98.8 Å². The quantitative estimate of drug-likeness (QED) is 0.144. The minimum absolute atomic E-state index is 0.276. The molecule has 0 atom stereocenters. The molecule has 0 spiro atoms. The molecule has 0 saturated heterocycles. The highest BCUT2D eigenvalue weighted by molar-refractivity contribution is 6.16. The number of pyridine rings is 4. The number of fused-ring (bicyclic) bond motifs is 8. The molecule has 4 heterocycles. The van der Waals surface area contributed by atoms with E-state index in [2.05, 4.69) is 108 Å². The van der Waals surface area contributed by atoms with Crippen molar-refractivity contribution in [1.29, 1.82) is 0 Å². The first-order valence-electron chi connectivity index (χ1n) is 16.2. The van der Waals surface area contributed by atoms with Crippen LogP contribution in [0.3, 0.4) is 0 Å². The first kappa shape index (κ1) is 27.5. The van der Waals surface area contributed by atoms with Crippen LogP contribution in [0.4, 0.5) is 4.39 Å². The summed E-state index contributed by atoms with van der Waals surface area (Å²) in [7, 11) is 0. The van der Waals surface area contributed by atoms with Crippen molar-refractivity contribution in [3.63, 3.8) is 0 Å². The van der Waals surface area contributed by atoms with Crippen LogP contribution in [0.15, 0.2) is 152 Å². The van der Waals surface area contributed by atoms with Crippen molar-refractivity contribution in [2.45, 2.75) is 0 Å². The molecule has 0 bridgehead atoms. The molecule has 228 valence electrons. The van der Waals surface area contributed by atoms with Crippen LogP contribution in [-0.4, -0.2) is 19.9 Å². The molecule has 0 N–H and O–H groups in total. The summed E-state index contributed by atoms with van der Waals surface area (Å²) in [5.41, 5.74) is 10.6. The molecule has 0 amide bonds. The SMILES string of the molecule is Fc1ccc2nc3c(cc(-c4ccc(-c5ccc(-c6ccc7ccc8cccnc8c7n6)cc5)c5ccccc45)c4cccnc43)cc2c1. The van der Waals surface area contributed by atoms with Crippen molar-refractivity contribution in [3.05, 3.63) is 158 Å². The Labute approximate surface area is 280 Å². The van der Waals surface area contributed by atoms with Crippen LogP contribution in [0.2, 0.25) is 0 Å². The largest absolute Gasteiger partial charge is 0.254 e. The standard InChI is InChI=1S/C44H25FN4/c45-32-16-20-40-30(24-32)23-31-25-38(37-8-4-22-47-44(37)43(31)49-40)36-18-17-33(34-6-1-2-7-35(34)36)26-9-11-27(12-10-26)39-19-15-29-14-13-28-5-3-21-46-41(28)42(29)48-39/h1-25H. The topological polar surface area (TPSA) is 51.6 Å². The number of aromatic nitrogens is 4. The van der Waals surface area contributed by atoms with Crippen molar-refractivity contribution in [3.8, 4) is 33.5 Å². The lowest BCUT2D eigenvalue weighted by Crippen LogP contribution is -1.92. The van der Waals surface area contributed by atoms with Gasteiger partial charge in [-0.3, -0.25) is 9.97 Å². The molecule has 0 aliphatic heterocycles. The van der Waals surface area contributed by atoms with E-state index >= 15 is 0 Å². The molecule has 0 unspecified atom stereocenters. The minimum atomic E-state index is -0.276. The van der Waals surface area contributed by atoms with E-state index < -0.39 is 0 Å². The third-order valence-electron chi connectivity index (χ3n) is 9.57. The number of nitrogens with zero attached hydrogens (tertiary/aromatic N) is 4. The lowest BCUT2D eigenvalue weighted by molar-refractivity contribution is 0.629. The number of hydrogen-bond donors (Lipinski definition) is 0. The van der Waals surface area contributed by atoms with Gasteiger partial charge in [-0.2, -0.15) is 0 Å². The highest BCUT2D eigenvalue weighted by Crippen LogP contribution is 2.41. The summed E-state index contributed by atoms with van der Waals surface area (Å²) in [5.74, 6) is -0.276. The van der Waals surface area contributed by atoms with Gasteiger partial charge < -0.3 is 0 Å². The lowest BCUT2D eigenvalue weighted by atomic mass is 9.89. The van der Waals surface area contributed by atoms with Crippen LogP contribution < -0.4 is 0 Å². The van der Waals surface area contributed by atoms with E-state index in [1.165, 1.54) is 12.1 Å². The second-order valence-electron chi connectivity index (χ2n) is 12.4. The van der Waals surface area contributed by atoms with E-state index in [1.807, 2.05) is 24.4 Å². The third-order valence-corrected chi connectivity index (χ3v) is 9.57. The monoisotopic (exact) mass is 628 g/mol. The maximum Gasteiger partial charge on any atom is 0.123 e. The molecule has 4 aromatic heterocycles. The van der Waals surface area contributed by atoms with Gasteiger partial charge >= 0.3 is 0 Å². The van der Waals surface area contributed by atoms with Crippen LogP contribution in [-0.2, 0) is 0 Å². The number of rotatable bonds is 3. The molecule has 0 aliphatic rings. The van der Waals surface area contributed by atoms with E-state index in [0.29, 0.717) is 0 Å². The molecular formula is C44H25FN4. The van der Waals surface area contributed by atoms with Crippen LogP contribution in [0.5, 0.6) is 0 Å². The summed E-state index contributed by atoms with van der Waals surface area (Å²) in [6, 6.07) is 47.0. The molecule has 10 rings (SSSR count). The molecule has 49 heavy (non-hydrogen) atoms. The van der Waals surface area contributed by atoms with Gasteiger partial charge in [0.05, 0.1) is 33.3 Å². The Morgan fingerprint density at radius 1 is 0.388 bits per heavy atom. The molecule has 0 aliphatic carbocycles. The van der Waals surface area contributed by atoms with Gasteiger partial charge in [0, 0.05) is 44.9 Å². The van der Waals surface area contributed by atoms with Gasteiger partial charge in [0.25, 0.3) is 0 Å². The van der Waals surface area contributed by atoms with Crippen molar-refractivity contribution >= 4 is 65.3 Å². The summed E-state index contributed by atoms with van der Waals surface area (Å²) in [4.78, 5) is 19.4. The van der Waals surface area contributed by atoms with Gasteiger partial charge in [0.15, 0.2) is 0 Å². The Kier molecular flexibility index (Phi) is 6.02. The molecule has 6 aromatic carbocycles. The lowest BCUT2D eigenvalue weighted by Gasteiger charge is -2.15. The second-order valence-corrected chi connectivity index (χ2v) is 12.4. The average Bonchev–Trinajstić information content (AvgIpc) is 3.16. The zero-order chi connectivity index (χ0) is 32.5. The number of hydrogen-bond acceptors (Lipinski definition) is 4. The Morgan fingerprint density at radius 3 is 1.92 bits per heavy atom. The minimum Gasteiger partial charge on any atom is -0.254 e. The van der Waals surface area contributed by atoms with Crippen molar-refractivity contribution in [1.82, 2.24) is 19.9 Å². The van der Waals surface area contributed by atoms with Gasteiger partial charge in [-0.25, -0.2) is 14.4 Å². The maximum absolute atomic E-state index is 14.2. The summed E-state index contributed by atoms with van der Waals surface area (Å²) >= 11 is 0. The highest BCUT2D eigenvalue weighted by Gasteiger charge is 2.16. The predicted molar refractivity (Wildman–Crippen MR) is 199 cm³/mol. The van der Waals surface area contributed by atoms with Crippen LogP contribution in [0.25, 0.3) is 98.8 Å². The summed E-state index contributed by atoms with van der Waals surface area (Å²) in [6.07, 6.45) is 3.63. The summed E-state index contributed by atoms with van der Waals surface area (Å²) in [6.45, 7) is 0. The molecule has 0 saturated carbocycles. The molecule has 4 nitrogen and oxygen atoms in total. The van der Waals surface area contributed by atoms with Crippen molar-refractivity contribution in [2.75, 3.05) is 0 Å². The Balaban J connectivity index is 1.10. The number of halogens is 1. The smallest absolute Gasteiger partial charge is 0.123 e. The Morgan fingerprint density at radius 2 is 1.06 bits per heavy atom. The molecule has 10 aromatic rings. The average molecular weight is 629 g/mol. The van der Waals surface area contributed by atoms with E-state index in [9.17, 15) is 4.39 Å². The second kappa shape index (κ2) is 10.7. The third kappa shape index (κ3) is 4.44. The number of benzene rings is 6. The fourth-order valence-electron chi connectivity index (χ4n) is 7.22. The Hall–Kier alpha value is -6.59. The van der Waals surface area contributed by atoms with Crippen LogP contribution in [0, 0.1) is 5.82 Å². The first-order valence-corrected chi connectivity index (χ1v) is 16.2. The van der Waals surface area contributed by atoms with E-state index in [-0.39, 0.29) is 5.82 Å². The van der Waals surface area contributed by atoms with Gasteiger partial charge in [-0.05, 0) is 81.6 Å². The summed E-state index contributed by atoms with van der Waals surface area (Å²) in [5, 5.41) is 7.17. The van der Waals surface area contributed by atoms with Crippen molar-refractivity contribution < 1.29 is 4.39 Å². The highest BCUT2D eigenvalue weighted by atomic mass is 19.1. The van der Waals surface area contributed by atoms with Gasteiger partial charge in [0.1, 0.15) is 5.82 Å². The predicted octanol–water partition coefficient (Wildman–Crippen LogP) is 11.3. The maximum atomic E-state index is 14.2. The van der Waals surface area contributed by atoms with Gasteiger partial charge in [-0.1, -0.05) is 91.0 Å². The van der Waals surface area contributed by atoms with Gasteiger partial charge in [-0.15, -0.1) is 0 Å². The molecule has 5 heteroatoms. The van der Waals surface area contributed by atoms with Crippen LogP contribution >= 0.6 is 0 Å². The zero-order valence-corrected chi connectivity index (χ0v) is 26.1. The fourth-order valence-corrected chi connectivity index (χ4v) is 7.22. The molecule has 0 fully saturated rings. The zero-order valence-electron chi connectivity index (χ0n) is 26.1. The summed E-state index contributed by atoms with van der Waals surface area (Å²) < 4.78 is 14.2. The van der Waals surface area contributed by atoms with E-state index in [4.69, 9.17) is 15.0 Å². The normalized spacial score (nSPS) is 11.8. The molecule has 0 radical (unpaired) electrons. The van der Waals surface area contributed by atoms with Crippen molar-refractivity contribution in [2.24, 2.45) is 0 Å². The van der Waals surface area contributed by atoms with E-state index in [1.54, 1.807) is 12.3 Å². The molecular weight excluding hydrogens is 604 g/mol. The fraction of sp³-hybridized carbons (Fsp3) is 0. The Bertz CT molecular complexity index is 2950. The van der Waals surface area contributed by atoms with Gasteiger partial charge in [0.2, 0.25) is 0 Å².